The van der Waals surface area contributed by atoms with Gasteiger partial charge in [-0.25, -0.2) is 0 Å². The van der Waals surface area contributed by atoms with E-state index in [4.69, 9.17) is 11.6 Å². The third kappa shape index (κ3) is 2.96. The van der Waals surface area contributed by atoms with Gasteiger partial charge in [-0.3, -0.25) is 4.79 Å². The summed E-state index contributed by atoms with van der Waals surface area (Å²) >= 11 is 6.07. The zero-order valence-corrected chi connectivity index (χ0v) is 11.8. The summed E-state index contributed by atoms with van der Waals surface area (Å²) in [6.45, 7) is 2.18. The number of anilines is 1. The lowest BCUT2D eigenvalue weighted by atomic mass is 10.1. The van der Waals surface area contributed by atoms with Crippen molar-refractivity contribution in [2.75, 3.05) is 19.4 Å². The SMILES string of the molecule is CC(Nc1ccc(Cl)c(C(=O)N(C)C)c1)C1CC1. The van der Waals surface area contributed by atoms with Gasteiger partial charge in [0.15, 0.2) is 0 Å². The Bertz CT molecular complexity index is 455. The molecule has 1 aromatic carbocycles. The molecule has 98 valence electrons. The topological polar surface area (TPSA) is 32.3 Å². The van der Waals surface area contributed by atoms with Gasteiger partial charge in [0.25, 0.3) is 5.91 Å². The molecule has 3 nitrogen and oxygen atoms in total. The van der Waals surface area contributed by atoms with Crippen molar-refractivity contribution in [3.63, 3.8) is 0 Å². The summed E-state index contributed by atoms with van der Waals surface area (Å²) in [4.78, 5) is 13.5. The molecule has 0 aliphatic heterocycles. The second kappa shape index (κ2) is 5.19. The molecule has 1 fully saturated rings. The molecular formula is C14H19ClN2O. The molecule has 4 heteroatoms. The predicted octanol–water partition coefficient (Wildman–Crippen LogP) is 3.25. The van der Waals surface area contributed by atoms with Crippen LogP contribution in [0.5, 0.6) is 0 Å². The number of rotatable bonds is 4. The van der Waals surface area contributed by atoms with Crippen LogP contribution in [0.3, 0.4) is 0 Å². The highest BCUT2D eigenvalue weighted by Crippen LogP contribution is 2.34. The molecule has 1 N–H and O–H groups in total. The number of hydrogen-bond acceptors (Lipinski definition) is 2. The van der Waals surface area contributed by atoms with Gasteiger partial charge < -0.3 is 10.2 Å². The maximum atomic E-state index is 12.0. The van der Waals surface area contributed by atoms with Gasteiger partial charge in [0.05, 0.1) is 10.6 Å². The first-order valence-electron chi connectivity index (χ1n) is 6.27. The van der Waals surface area contributed by atoms with Crippen LogP contribution in [-0.4, -0.2) is 30.9 Å². The summed E-state index contributed by atoms with van der Waals surface area (Å²) in [5, 5.41) is 3.93. The number of carbonyl (C=O) groups is 1. The van der Waals surface area contributed by atoms with E-state index in [1.807, 2.05) is 12.1 Å². The third-order valence-electron chi connectivity index (χ3n) is 3.33. The summed E-state index contributed by atoms with van der Waals surface area (Å²) in [6, 6.07) is 5.99. The number of nitrogens with zero attached hydrogens (tertiary/aromatic N) is 1. The molecule has 0 saturated heterocycles. The minimum atomic E-state index is -0.0669. The average Bonchev–Trinajstić information content (AvgIpc) is 3.14. The molecule has 0 spiro atoms. The van der Waals surface area contributed by atoms with Crippen molar-refractivity contribution >= 4 is 23.2 Å². The quantitative estimate of drug-likeness (QED) is 0.907. The lowest BCUT2D eigenvalue weighted by Gasteiger charge is -2.17. The van der Waals surface area contributed by atoms with Crippen LogP contribution >= 0.6 is 11.6 Å². The number of hydrogen-bond donors (Lipinski definition) is 1. The van der Waals surface area contributed by atoms with Gasteiger partial charge in [-0.05, 0) is 43.9 Å². The number of amides is 1. The van der Waals surface area contributed by atoms with Crippen LogP contribution in [0.15, 0.2) is 18.2 Å². The van der Waals surface area contributed by atoms with Crippen LogP contribution in [0.2, 0.25) is 5.02 Å². The minimum Gasteiger partial charge on any atom is -0.382 e. The van der Waals surface area contributed by atoms with Crippen molar-refractivity contribution in [1.82, 2.24) is 4.90 Å². The molecule has 0 aromatic heterocycles. The van der Waals surface area contributed by atoms with Crippen molar-refractivity contribution in [1.29, 1.82) is 0 Å². The molecule has 1 aliphatic rings. The molecule has 1 aromatic rings. The Morgan fingerprint density at radius 1 is 1.44 bits per heavy atom. The Morgan fingerprint density at radius 2 is 2.11 bits per heavy atom. The van der Waals surface area contributed by atoms with Crippen LogP contribution in [0, 0.1) is 5.92 Å². The molecule has 1 unspecified atom stereocenters. The lowest BCUT2D eigenvalue weighted by Crippen LogP contribution is -2.23. The standard InChI is InChI=1S/C14H19ClN2O/c1-9(10-4-5-10)16-11-6-7-13(15)12(8-11)14(18)17(2)3/h6-10,16H,4-5H2,1-3H3. The molecule has 0 heterocycles. The van der Waals surface area contributed by atoms with Gasteiger partial charge in [0.2, 0.25) is 0 Å². The van der Waals surface area contributed by atoms with Gasteiger partial charge in [-0.15, -0.1) is 0 Å². The Labute approximate surface area is 113 Å². The largest absolute Gasteiger partial charge is 0.382 e. The van der Waals surface area contributed by atoms with Crippen LogP contribution < -0.4 is 5.32 Å². The summed E-state index contributed by atoms with van der Waals surface area (Å²) in [5.41, 5.74) is 1.51. The van der Waals surface area contributed by atoms with Crippen LogP contribution in [0.1, 0.15) is 30.1 Å². The Hall–Kier alpha value is -1.22. The maximum Gasteiger partial charge on any atom is 0.254 e. The smallest absolute Gasteiger partial charge is 0.254 e. The van der Waals surface area contributed by atoms with Crippen LogP contribution in [0.25, 0.3) is 0 Å². The number of halogens is 1. The van der Waals surface area contributed by atoms with E-state index < -0.39 is 0 Å². The third-order valence-corrected chi connectivity index (χ3v) is 3.66. The van der Waals surface area contributed by atoms with Crippen molar-refractivity contribution in [3.8, 4) is 0 Å². The Balaban J connectivity index is 2.17. The van der Waals surface area contributed by atoms with Gasteiger partial charge >= 0.3 is 0 Å². The molecule has 2 rings (SSSR count). The predicted molar refractivity (Wildman–Crippen MR) is 75.3 cm³/mol. The first-order chi connectivity index (χ1) is 8.49. The molecular weight excluding hydrogens is 248 g/mol. The molecule has 1 saturated carbocycles. The average molecular weight is 267 g/mol. The summed E-state index contributed by atoms with van der Waals surface area (Å²) in [6.07, 6.45) is 2.59. The molecule has 18 heavy (non-hydrogen) atoms. The van der Waals surface area contributed by atoms with E-state index in [1.165, 1.54) is 17.7 Å². The highest BCUT2D eigenvalue weighted by molar-refractivity contribution is 6.34. The fourth-order valence-corrected chi connectivity index (χ4v) is 2.20. The van der Waals surface area contributed by atoms with E-state index in [0.717, 1.165) is 11.6 Å². The van der Waals surface area contributed by atoms with Gasteiger partial charge in [-0.2, -0.15) is 0 Å². The molecule has 1 amide bonds. The van der Waals surface area contributed by atoms with E-state index in [0.29, 0.717) is 16.6 Å². The normalized spacial score (nSPS) is 16.2. The summed E-state index contributed by atoms with van der Waals surface area (Å²) < 4.78 is 0. The summed E-state index contributed by atoms with van der Waals surface area (Å²) in [7, 11) is 3.46. The molecule has 1 atom stereocenters. The van der Waals surface area contributed by atoms with Gasteiger partial charge in [0, 0.05) is 25.8 Å². The van der Waals surface area contributed by atoms with Gasteiger partial charge in [0.1, 0.15) is 0 Å². The zero-order chi connectivity index (χ0) is 13.3. The van der Waals surface area contributed by atoms with E-state index in [-0.39, 0.29) is 5.91 Å². The van der Waals surface area contributed by atoms with E-state index in [9.17, 15) is 4.79 Å². The van der Waals surface area contributed by atoms with Crippen molar-refractivity contribution in [2.45, 2.75) is 25.8 Å². The Kier molecular flexibility index (Phi) is 3.81. The monoisotopic (exact) mass is 266 g/mol. The van der Waals surface area contributed by atoms with E-state index in [2.05, 4.69) is 12.2 Å². The number of nitrogens with one attached hydrogen (secondary N) is 1. The molecule has 0 radical (unpaired) electrons. The zero-order valence-electron chi connectivity index (χ0n) is 11.0. The fraction of sp³-hybridized carbons (Fsp3) is 0.500. The number of carbonyl (C=O) groups excluding carboxylic acids is 1. The minimum absolute atomic E-state index is 0.0669. The molecule has 1 aliphatic carbocycles. The highest BCUT2D eigenvalue weighted by Gasteiger charge is 2.27. The van der Waals surface area contributed by atoms with E-state index in [1.54, 1.807) is 20.2 Å². The van der Waals surface area contributed by atoms with Crippen LogP contribution in [-0.2, 0) is 0 Å². The van der Waals surface area contributed by atoms with Gasteiger partial charge in [-0.1, -0.05) is 11.6 Å². The summed E-state index contributed by atoms with van der Waals surface area (Å²) in [5.74, 6) is 0.705. The first kappa shape index (κ1) is 13.2. The van der Waals surface area contributed by atoms with Crippen molar-refractivity contribution < 1.29 is 4.79 Å². The first-order valence-corrected chi connectivity index (χ1v) is 6.64. The van der Waals surface area contributed by atoms with Crippen LogP contribution in [0.4, 0.5) is 5.69 Å². The second-order valence-electron chi connectivity index (χ2n) is 5.16. The Morgan fingerprint density at radius 3 is 2.67 bits per heavy atom. The highest BCUT2D eigenvalue weighted by atomic mass is 35.5. The number of benzene rings is 1. The fourth-order valence-electron chi connectivity index (χ4n) is 2.00. The maximum absolute atomic E-state index is 12.0. The van der Waals surface area contributed by atoms with Crippen molar-refractivity contribution in [3.05, 3.63) is 28.8 Å². The van der Waals surface area contributed by atoms with E-state index >= 15 is 0 Å². The van der Waals surface area contributed by atoms with Crippen molar-refractivity contribution in [2.24, 2.45) is 5.92 Å². The molecule has 0 bridgehead atoms. The lowest BCUT2D eigenvalue weighted by molar-refractivity contribution is 0.0828. The second-order valence-corrected chi connectivity index (χ2v) is 5.57.